The molecule has 3 aliphatic heterocycles. The molecule has 1 N–H and O–H groups in total. The number of amidine groups is 1. The third kappa shape index (κ3) is 2.69. The van der Waals surface area contributed by atoms with Crippen molar-refractivity contribution >= 4 is 17.6 Å². The second-order valence-electron chi connectivity index (χ2n) is 8.24. The molecule has 4 aliphatic rings. The number of hydrogen-bond donors (Lipinski definition) is 1. The Balaban J connectivity index is 1.37. The van der Waals surface area contributed by atoms with Gasteiger partial charge in [0.05, 0.1) is 0 Å². The first-order valence-electron chi connectivity index (χ1n) is 10.0. The molecule has 0 unspecified atom stereocenters. The maximum absolute atomic E-state index is 13.0. The highest BCUT2D eigenvalue weighted by Crippen LogP contribution is 2.49. The highest BCUT2D eigenvalue weighted by molar-refractivity contribution is 6.15. The Labute approximate surface area is 159 Å². The van der Waals surface area contributed by atoms with E-state index in [1.54, 1.807) is 0 Å². The number of aliphatic imine (C=N–C) groups is 1. The third-order valence-corrected chi connectivity index (χ3v) is 6.82. The molecule has 6 nitrogen and oxygen atoms in total. The van der Waals surface area contributed by atoms with Crippen LogP contribution in [0.15, 0.2) is 35.3 Å². The monoisotopic (exact) mass is 367 g/mol. The molecule has 27 heavy (non-hydrogen) atoms. The minimum Gasteiger partial charge on any atom is -0.381 e. The van der Waals surface area contributed by atoms with Gasteiger partial charge in [0.25, 0.3) is 5.91 Å². The topological polar surface area (TPSA) is 71.0 Å². The van der Waals surface area contributed by atoms with Gasteiger partial charge in [-0.3, -0.25) is 14.6 Å². The van der Waals surface area contributed by atoms with Crippen LogP contribution in [0, 0.1) is 17.8 Å². The van der Waals surface area contributed by atoms with Gasteiger partial charge in [0.1, 0.15) is 11.4 Å². The molecule has 0 aromatic heterocycles. The molecule has 0 radical (unpaired) electrons. The average Bonchev–Trinajstić information content (AvgIpc) is 3.38. The zero-order valence-corrected chi connectivity index (χ0v) is 15.4. The summed E-state index contributed by atoms with van der Waals surface area (Å²) >= 11 is 0. The van der Waals surface area contributed by atoms with Crippen molar-refractivity contribution in [3.63, 3.8) is 0 Å². The Bertz CT molecular complexity index is 787. The molecule has 3 fully saturated rings. The lowest BCUT2D eigenvalue weighted by atomic mass is 9.85. The van der Waals surface area contributed by atoms with Crippen molar-refractivity contribution in [3.8, 4) is 0 Å². The van der Waals surface area contributed by atoms with Gasteiger partial charge in [0, 0.05) is 43.7 Å². The van der Waals surface area contributed by atoms with Crippen LogP contribution in [0.1, 0.15) is 31.2 Å². The molecule has 1 saturated carbocycles. The van der Waals surface area contributed by atoms with E-state index in [1.165, 1.54) is 0 Å². The van der Waals surface area contributed by atoms with E-state index in [4.69, 9.17) is 9.73 Å². The number of likely N-dealkylation sites (tertiary alicyclic amines) is 1. The van der Waals surface area contributed by atoms with Gasteiger partial charge < -0.3 is 15.0 Å². The van der Waals surface area contributed by atoms with Crippen molar-refractivity contribution in [1.29, 1.82) is 0 Å². The van der Waals surface area contributed by atoms with Gasteiger partial charge in [-0.05, 0) is 31.6 Å². The summed E-state index contributed by atoms with van der Waals surface area (Å²) in [6.45, 7) is 2.77. The molecule has 0 bridgehead atoms. The number of amides is 2. The van der Waals surface area contributed by atoms with Crippen LogP contribution in [-0.4, -0.2) is 54.4 Å². The van der Waals surface area contributed by atoms with Crippen LogP contribution in [0.2, 0.25) is 0 Å². The Morgan fingerprint density at radius 1 is 1.15 bits per heavy atom. The van der Waals surface area contributed by atoms with Crippen LogP contribution in [0.5, 0.6) is 0 Å². The lowest BCUT2D eigenvalue weighted by molar-refractivity contribution is -0.138. The largest absolute Gasteiger partial charge is 0.381 e. The number of carbonyl (C=O) groups excluding carboxylic acids is 2. The van der Waals surface area contributed by atoms with Crippen LogP contribution >= 0.6 is 0 Å². The Kier molecular flexibility index (Phi) is 4.04. The summed E-state index contributed by atoms with van der Waals surface area (Å²) in [6, 6.07) is 9.81. The molecule has 2 saturated heterocycles. The average molecular weight is 367 g/mol. The predicted molar refractivity (Wildman–Crippen MR) is 100 cm³/mol. The number of carbonyl (C=O) groups is 2. The van der Waals surface area contributed by atoms with Crippen molar-refractivity contribution in [2.24, 2.45) is 22.7 Å². The predicted octanol–water partition coefficient (Wildman–Crippen LogP) is 1.60. The number of benzene rings is 1. The molecule has 2 amide bonds. The summed E-state index contributed by atoms with van der Waals surface area (Å²) in [6.07, 6.45) is 3.37. The first-order chi connectivity index (χ1) is 13.2. The van der Waals surface area contributed by atoms with E-state index in [-0.39, 0.29) is 23.7 Å². The van der Waals surface area contributed by atoms with Crippen molar-refractivity contribution < 1.29 is 14.3 Å². The Morgan fingerprint density at radius 3 is 2.70 bits per heavy atom. The number of rotatable bonds is 2. The fraction of sp³-hybridized carbons (Fsp3) is 0.571. The zero-order chi connectivity index (χ0) is 18.4. The Morgan fingerprint density at radius 2 is 1.93 bits per heavy atom. The fourth-order valence-electron chi connectivity index (χ4n) is 5.33. The quantitative estimate of drug-likeness (QED) is 0.863. The summed E-state index contributed by atoms with van der Waals surface area (Å²) in [5.41, 5.74) is 0.250. The molecule has 5 rings (SSSR count). The van der Waals surface area contributed by atoms with Gasteiger partial charge in [-0.25, -0.2) is 0 Å². The van der Waals surface area contributed by atoms with E-state index in [0.717, 1.165) is 37.8 Å². The van der Waals surface area contributed by atoms with Crippen LogP contribution in [0.3, 0.4) is 0 Å². The van der Waals surface area contributed by atoms with E-state index in [9.17, 15) is 9.59 Å². The van der Waals surface area contributed by atoms with Crippen molar-refractivity contribution in [1.82, 2.24) is 10.2 Å². The zero-order valence-electron chi connectivity index (χ0n) is 15.4. The number of nitrogens with one attached hydrogen (secondary N) is 1. The number of nitrogens with zero attached hydrogens (tertiary/aromatic N) is 2. The summed E-state index contributed by atoms with van der Waals surface area (Å²) in [4.78, 5) is 32.8. The first kappa shape index (κ1) is 16.9. The third-order valence-electron chi connectivity index (χ3n) is 6.82. The molecule has 1 spiro atoms. The van der Waals surface area contributed by atoms with E-state index >= 15 is 0 Å². The SMILES string of the molecule is O=C(C1CCOCC1)N1C[C@H]2CC[C@@]3(N=C(c4ccccc4)NC3=O)[C@H]2C1. The number of ether oxygens (including phenoxy) is 1. The number of hydrogen-bond acceptors (Lipinski definition) is 4. The Hall–Kier alpha value is -2.21. The first-order valence-corrected chi connectivity index (χ1v) is 10.0. The summed E-state index contributed by atoms with van der Waals surface area (Å²) < 4.78 is 5.39. The highest BCUT2D eigenvalue weighted by Gasteiger charge is 2.60. The van der Waals surface area contributed by atoms with Gasteiger partial charge in [0.2, 0.25) is 5.91 Å². The van der Waals surface area contributed by atoms with Gasteiger partial charge in [-0.1, -0.05) is 30.3 Å². The fourth-order valence-corrected chi connectivity index (χ4v) is 5.33. The molecular formula is C21H25N3O3. The molecule has 1 aromatic carbocycles. The van der Waals surface area contributed by atoms with Gasteiger partial charge in [-0.15, -0.1) is 0 Å². The lowest BCUT2D eigenvalue weighted by Gasteiger charge is -2.29. The van der Waals surface area contributed by atoms with Crippen LogP contribution in [0.4, 0.5) is 0 Å². The second kappa shape index (κ2) is 6.44. The van der Waals surface area contributed by atoms with E-state index in [0.29, 0.717) is 31.5 Å². The van der Waals surface area contributed by atoms with Crippen LogP contribution in [-0.2, 0) is 14.3 Å². The maximum atomic E-state index is 13.0. The normalized spacial score (nSPS) is 33.3. The van der Waals surface area contributed by atoms with Gasteiger partial charge >= 0.3 is 0 Å². The smallest absolute Gasteiger partial charge is 0.253 e. The molecule has 1 aromatic rings. The summed E-state index contributed by atoms with van der Waals surface area (Å²) in [5.74, 6) is 1.51. The van der Waals surface area contributed by atoms with Crippen LogP contribution in [0.25, 0.3) is 0 Å². The highest BCUT2D eigenvalue weighted by atomic mass is 16.5. The summed E-state index contributed by atoms with van der Waals surface area (Å²) in [7, 11) is 0. The van der Waals surface area contributed by atoms with Crippen molar-refractivity contribution in [3.05, 3.63) is 35.9 Å². The summed E-state index contributed by atoms with van der Waals surface area (Å²) in [5, 5.41) is 3.01. The lowest BCUT2D eigenvalue weighted by Crippen LogP contribution is -2.46. The second-order valence-corrected chi connectivity index (χ2v) is 8.24. The van der Waals surface area contributed by atoms with Crippen molar-refractivity contribution in [2.75, 3.05) is 26.3 Å². The van der Waals surface area contributed by atoms with E-state index in [1.807, 2.05) is 35.2 Å². The number of fused-ring (bicyclic) bond motifs is 2. The molecule has 3 atom stereocenters. The van der Waals surface area contributed by atoms with Crippen LogP contribution < -0.4 is 5.32 Å². The molecule has 6 heteroatoms. The van der Waals surface area contributed by atoms with E-state index < -0.39 is 5.54 Å². The van der Waals surface area contributed by atoms with Crippen molar-refractivity contribution in [2.45, 2.75) is 31.2 Å². The van der Waals surface area contributed by atoms with E-state index in [2.05, 4.69) is 5.32 Å². The molecule has 1 aliphatic carbocycles. The maximum Gasteiger partial charge on any atom is 0.253 e. The minimum atomic E-state index is -0.694. The molecule has 142 valence electrons. The molecular weight excluding hydrogens is 342 g/mol. The van der Waals surface area contributed by atoms with Gasteiger partial charge in [-0.2, -0.15) is 0 Å². The molecule has 3 heterocycles. The standard InChI is InChI=1S/C21H25N3O3/c25-19(15-7-10-27-11-8-15)24-12-16-6-9-21(17(16)13-24)20(26)22-18(23-21)14-4-2-1-3-5-14/h1-5,15-17H,6-13H2,(H,22,23,26)/t16-,17+,21-/m1/s1. The van der Waals surface area contributed by atoms with Gasteiger partial charge in [0.15, 0.2) is 0 Å². The minimum absolute atomic E-state index is 0.00854.